The minimum atomic E-state index is -0.0278. The van der Waals surface area contributed by atoms with Crippen molar-refractivity contribution in [1.82, 2.24) is 9.13 Å². The fraction of sp³-hybridized carbons (Fsp3) is 0.103. The second-order valence-corrected chi connectivity index (χ2v) is 41.8. The molecule has 5 heterocycles. The van der Waals surface area contributed by atoms with Crippen molar-refractivity contribution in [2.24, 2.45) is 0 Å². The van der Waals surface area contributed by atoms with Crippen molar-refractivity contribution in [1.29, 1.82) is 0 Å². The van der Waals surface area contributed by atoms with Gasteiger partial charge in [0.1, 0.15) is 0 Å². The molecule has 0 fully saturated rings. The Labute approximate surface area is 875 Å². The van der Waals surface area contributed by atoms with Crippen molar-refractivity contribution in [3.63, 3.8) is 0 Å². The number of hydrogen-bond acceptors (Lipinski definition) is 5. The Balaban J connectivity index is 0.000000124. The van der Waals surface area contributed by atoms with Crippen molar-refractivity contribution in [2.45, 2.75) is 64.8 Å². The number of fused-ring (bicyclic) bond motifs is 18. The summed E-state index contributed by atoms with van der Waals surface area (Å²) >= 11 is 44.2. The number of aliphatic hydroxyl groups excluding tert-OH is 2. The van der Waals surface area contributed by atoms with Crippen LogP contribution in [0.15, 0.2) is 363 Å². The van der Waals surface area contributed by atoms with Crippen LogP contribution in [0.4, 0.5) is 0 Å². The van der Waals surface area contributed by atoms with Crippen LogP contribution in [0.1, 0.15) is 66.8 Å². The molecule has 2 N–H and O–H groups in total. The average molecular weight is 2400 g/mol. The summed E-state index contributed by atoms with van der Waals surface area (Å²) in [4.78, 5) is 0. The third-order valence-corrected chi connectivity index (χ3v) is 31.0. The molecule has 0 spiro atoms. The van der Waals surface area contributed by atoms with Gasteiger partial charge in [-0.05, 0) is 286 Å². The maximum Gasteiger partial charge on any atom is 0.0541 e. The minimum Gasteiger partial charge on any atom is -0.309 e. The maximum atomic E-state index is 9.41. The number of aromatic nitrogens is 2. The van der Waals surface area contributed by atoms with Crippen LogP contribution >= 0.6 is 208 Å². The van der Waals surface area contributed by atoms with Crippen molar-refractivity contribution in [3.05, 3.63) is 430 Å². The fourth-order valence-electron chi connectivity index (χ4n) is 16.9. The number of benzene rings is 16. The molecule has 626 valence electrons. The van der Waals surface area contributed by atoms with E-state index in [1.54, 1.807) is 0 Å². The topological polar surface area (TPSA) is 50.3 Å². The predicted molar refractivity (Wildman–Crippen MR) is 588 cm³/mol. The molecule has 0 bridgehead atoms. The summed E-state index contributed by atoms with van der Waals surface area (Å²) in [5.41, 5.74) is 38.4. The number of halogens is 10. The monoisotopic (exact) mass is 2390 g/mol. The Morgan fingerprint density at radius 2 is 0.457 bits per heavy atom. The first-order valence-corrected chi connectivity index (χ1v) is 61.4. The Bertz CT molecular complexity index is 6340. The minimum absolute atomic E-state index is 0. The summed E-state index contributed by atoms with van der Waals surface area (Å²) < 4.78 is 13.5. The van der Waals surface area contributed by atoms with Gasteiger partial charge in [-0.15, -0.1) is 0 Å². The zero-order chi connectivity index (χ0) is 87.5. The molecule has 2 aromatic heterocycles. The predicted octanol–water partition coefficient (Wildman–Crippen LogP) is 34.7. The van der Waals surface area contributed by atoms with Crippen molar-refractivity contribution in [3.8, 4) is 78.1 Å². The van der Waals surface area contributed by atoms with Crippen LogP contribution in [-0.2, 0) is 64.8 Å². The van der Waals surface area contributed by atoms with Gasteiger partial charge in [0, 0.05) is 114 Å². The van der Waals surface area contributed by atoms with Crippen LogP contribution < -0.4 is 0 Å². The van der Waals surface area contributed by atoms with E-state index in [0.717, 1.165) is 110 Å². The molecule has 3 aliphatic heterocycles. The van der Waals surface area contributed by atoms with E-state index in [-0.39, 0.29) is 26.7 Å². The third kappa shape index (κ3) is 22.4. The molecule has 0 amide bonds. The summed E-state index contributed by atoms with van der Waals surface area (Å²) in [6, 6.07) is 117. The van der Waals surface area contributed by atoms with E-state index in [9.17, 15) is 10.2 Å². The molecule has 4 aliphatic rings. The molecule has 0 radical (unpaired) electrons. The molecule has 18 aromatic rings. The van der Waals surface area contributed by atoms with Crippen LogP contribution in [0.2, 0.25) is 0 Å². The second kappa shape index (κ2) is 46.0. The fourth-order valence-corrected chi connectivity index (χ4v) is 23.9. The number of rotatable bonds is 8. The number of hydrogen-bond donors (Lipinski definition) is 2. The third-order valence-electron chi connectivity index (χ3n) is 22.8. The molecule has 0 unspecified atom stereocenters. The molecule has 127 heavy (non-hydrogen) atoms. The van der Waals surface area contributed by atoms with Crippen molar-refractivity contribution >= 4 is 295 Å². The van der Waals surface area contributed by atoms with Gasteiger partial charge >= 0.3 is 43.6 Å². The largest absolute Gasteiger partial charge is 0.309 e. The van der Waals surface area contributed by atoms with Crippen LogP contribution in [-0.4, -0.2) is 63.0 Å². The molecule has 22 rings (SSSR count). The first-order chi connectivity index (χ1) is 61.6. The van der Waals surface area contributed by atoms with Crippen LogP contribution in [0, 0.1) is 0 Å². The Kier molecular flexibility index (Phi) is 35.1. The quantitative estimate of drug-likeness (QED) is 0.117. The molecule has 0 saturated heterocycles. The molecule has 16 aromatic carbocycles. The number of thioether (sulfide) groups is 3. The van der Waals surface area contributed by atoms with E-state index in [0.29, 0.717) is 0 Å². The van der Waals surface area contributed by atoms with Gasteiger partial charge < -0.3 is 19.3 Å². The van der Waals surface area contributed by atoms with E-state index < -0.39 is 0 Å². The van der Waals surface area contributed by atoms with Gasteiger partial charge in [0.25, 0.3) is 0 Å². The Morgan fingerprint density at radius 3 is 0.732 bits per heavy atom. The normalized spacial score (nSPS) is 12.3. The first-order valence-electron chi connectivity index (χ1n) is 41.3. The van der Waals surface area contributed by atoms with E-state index >= 15 is 0 Å². The Morgan fingerprint density at radius 1 is 0.236 bits per heavy atom. The molecule has 4 nitrogen and oxygen atoms in total. The second-order valence-electron chi connectivity index (χ2n) is 30.4. The van der Waals surface area contributed by atoms with E-state index in [4.69, 9.17) is 0 Å². The summed E-state index contributed by atoms with van der Waals surface area (Å²) in [6.45, 7) is -0.0556. The van der Waals surface area contributed by atoms with Gasteiger partial charge in [-0.2, -0.15) is 48.8 Å². The Hall–Kier alpha value is -4.76. The van der Waals surface area contributed by atoms with Crippen LogP contribution in [0.5, 0.6) is 0 Å². The average Bonchev–Trinajstić information content (AvgIpc) is 1.60. The van der Waals surface area contributed by atoms with E-state index in [2.05, 4.69) is 460 Å². The van der Waals surface area contributed by atoms with Gasteiger partial charge in [-0.1, -0.05) is 341 Å². The molecule has 1 aliphatic carbocycles. The summed E-state index contributed by atoms with van der Waals surface area (Å²) in [7, 11) is 0. The van der Waals surface area contributed by atoms with Gasteiger partial charge in [0.05, 0.1) is 35.3 Å². The van der Waals surface area contributed by atoms with Crippen molar-refractivity contribution < 1.29 is 10.2 Å². The summed E-state index contributed by atoms with van der Waals surface area (Å²) in [5, 5.41) is 25.7. The van der Waals surface area contributed by atoms with Gasteiger partial charge in [0.15, 0.2) is 0 Å². The number of alkyl halides is 2. The first kappa shape index (κ1) is 96.8. The van der Waals surface area contributed by atoms with Gasteiger partial charge in [-0.25, -0.2) is 0 Å². The number of para-hydroxylation sites is 4. The summed E-state index contributed by atoms with van der Waals surface area (Å²) in [6.07, 6.45) is 1.10. The summed E-state index contributed by atoms with van der Waals surface area (Å²) in [5.74, 6) is 6.40. The SMILES string of the molecule is BrCc1ccc(Br)cc1-c1cc(Br)ccc1CBr.Brc1ccc2c(c1)-c1cc(Br)ccc1CSC2.Brc1ccc2c(c1)-c1cc(Br)ccc1CSC2.OCc1ccc(Br)cc1-c1cc(Br)ccc1CO.S.[Na][Na].c1ccc2c(c1)Cc1ccccc1-2.c1ccc2c(c1)c1ccccc1n2-c1ccc2c(c1)-c1cc(-n3c4ccccc4c4ccccc43)ccc1CSC2. The molecular formula is C107H80Br10N2Na2O2S4. The smallest absolute Gasteiger partial charge is 0.0541 e. The maximum absolute atomic E-state index is 9.41. The molecule has 0 atom stereocenters. The number of nitrogens with zero attached hydrogens (tertiary/aromatic N) is 2. The molecular weight excluding hydrogens is 2320 g/mol. The van der Waals surface area contributed by atoms with Crippen LogP contribution in [0.3, 0.4) is 0 Å². The molecule has 0 saturated carbocycles. The van der Waals surface area contributed by atoms with Crippen molar-refractivity contribution in [2.75, 3.05) is 0 Å². The molecule has 20 heteroatoms. The number of aliphatic hydroxyl groups is 2. The standard InChI is InChI=1S/C38H26N2S.C14H10Br4.C14H12Br2O2.2C14H10Br2S.C13H10.2Na.H2S/c1-5-13-35-29(9-1)30-10-2-6-14-36(30)39(35)27-19-17-25-23-41-24-26-18-20-28(22-34(26)33(25)21-27)40-37-15-7-3-11-31(37)32-12-4-8-16-38(32)40;15-7-9-1-3-11(17)5-13(9)14-6-12(18)4-2-10(14)8-16;15-11-3-1-9(7-17)13(5-11)14-6-12(16)4-2-10(14)8-18;2*15-11-3-1-9-7-17-8-10-2-4-12(16)6-14(10)13(9)5-11;1-3-7-12-10(5-1)9-11-6-2-4-8-13(11)12;;;/h1-22H,23-24H2;1-6H,7-8H2;1-6,17-18H,7-8H2;2*1-6H,7-8H2;1-8H,9H2;;;1H2. The zero-order valence-electron chi connectivity index (χ0n) is 69.2. The van der Waals surface area contributed by atoms with Gasteiger partial charge in [0.2, 0.25) is 0 Å². The van der Waals surface area contributed by atoms with E-state index in [1.807, 2.05) is 71.7 Å². The zero-order valence-corrected chi connectivity index (χ0v) is 92.6. The van der Waals surface area contributed by atoms with Crippen LogP contribution in [0.25, 0.3) is 122 Å². The van der Waals surface area contributed by atoms with E-state index in [1.165, 1.54) is 210 Å². The van der Waals surface area contributed by atoms with Gasteiger partial charge in [-0.3, -0.25) is 0 Å².